The van der Waals surface area contributed by atoms with Gasteiger partial charge in [0.25, 0.3) is 0 Å². The molecule has 0 unspecified atom stereocenters. The zero-order chi connectivity index (χ0) is 7.40. The number of hydrogen-bond donors (Lipinski definition) is 1. The van der Waals surface area contributed by atoms with Crippen LogP contribution in [0.15, 0.2) is 6.20 Å². The summed E-state index contributed by atoms with van der Waals surface area (Å²) < 4.78 is 0.770. The van der Waals surface area contributed by atoms with E-state index in [0.29, 0.717) is 0 Å². The van der Waals surface area contributed by atoms with Crippen LogP contribution in [0.5, 0.6) is 0 Å². The van der Waals surface area contributed by atoms with Gasteiger partial charge in [-0.2, -0.15) is 0 Å². The third-order valence-corrected chi connectivity index (χ3v) is 2.29. The first kappa shape index (κ1) is 7.98. The lowest BCUT2D eigenvalue weighted by Crippen LogP contribution is -2.09. The summed E-state index contributed by atoms with van der Waals surface area (Å²) in [6, 6.07) is 0. The fraction of sp³-hybridized carbons (Fsp3) is 0.500. The Morgan fingerprint density at radius 1 is 1.80 bits per heavy atom. The number of nitrogens with zero attached hydrogens (tertiary/aromatic N) is 1. The summed E-state index contributed by atoms with van der Waals surface area (Å²) in [6.45, 7) is 0.962. The zero-order valence-corrected chi connectivity index (χ0v) is 7.30. The molecular weight excluding hydrogens is 168 g/mol. The maximum Gasteiger partial charge on any atom is 0.113 e. The van der Waals surface area contributed by atoms with Crippen LogP contribution in [0.25, 0.3) is 0 Å². The van der Waals surface area contributed by atoms with Crippen molar-refractivity contribution >= 4 is 22.9 Å². The van der Waals surface area contributed by atoms with Crippen LogP contribution in [-0.2, 0) is 6.42 Å². The number of aromatic nitrogens is 1. The third-order valence-electron chi connectivity index (χ3n) is 1.11. The number of nitrogens with one attached hydrogen (secondary N) is 1. The van der Waals surface area contributed by atoms with E-state index in [2.05, 4.69) is 10.3 Å². The number of likely N-dealkylation sites (N-methyl/N-ethyl adjacent to an activating group) is 1. The Morgan fingerprint density at radius 3 is 3.10 bits per heavy atom. The molecule has 1 aromatic heterocycles. The lowest BCUT2D eigenvalue weighted by atomic mass is 10.4. The van der Waals surface area contributed by atoms with E-state index in [4.69, 9.17) is 11.6 Å². The molecule has 0 bridgehead atoms. The predicted octanol–water partition coefficient (Wildman–Crippen LogP) is 1.56. The van der Waals surface area contributed by atoms with E-state index < -0.39 is 0 Å². The summed E-state index contributed by atoms with van der Waals surface area (Å²) in [7, 11) is 1.93. The van der Waals surface area contributed by atoms with E-state index in [-0.39, 0.29) is 0 Å². The Labute approximate surface area is 69.2 Å². The molecule has 0 aliphatic rings. The summed E-state index contributed by atoms with van der Waals surface area (Å²) in [5, 5.41) is 4.15. The lowest BCUT2D eigenvalue weighted by molar-refractivity contribution is 0.787. The molecule has 1 heterocycles. The molecule has 0 radical (unpaired) electrons. The first-order chi connectivity index (χ1) is 4.83. The van der Waals surface area contributed by atoms with Gasteiger partial charge in [0.05, 0.1) is 11.2 Å². The summed E-state index contributed by atoms with van der Waals surface area (Å²) in [6.07, 6.45) is 2.66. The van der Waals surface area contributed by atoms with Crippen molar-refractivity contribution in [1.29, 1.82) is 0 Å². The second kappa shape index (κ2) is 3.91. The predicted molar refractivity (Wildman–Crippen MR) is 44.8 cm³/mol. The summed E-state index contributed by atoms with van der Waals surface area (Å²) >= 11 is 7.22. The van der Waals surface area contributed by atoms with Crippen molar-refractivity contribution in [2.75, 3.05) is 13.6 Å². The lowest BCUT2D eigenvalue weighted by Gasteiger charge is -1.91. The van der Waals surface area contributed by atoms with E-state index in [1.54, 1.807) is 17.5 Å². The topological polar surface area (TPSA) is 24.9 Å². The summed E-state index contributed by atoms with van der Waals surface area (Å²) in [5.74, 6) is 0. The van der Waals surface area contributed by atoms with Crippen molar-refractivity contribution in [2.24, 2.45) is 0 Å². The van der Waals surface area contributed by atoms with Crippen molar-refractivity contribution in [2.45, 2.75) is 6.42 Å². The van der Waals surface area contributed by atoms with Crippen LogP contribution in [0, 0.1) is 0 Å². The highest BCUT2D eigenvalue weighted by Gasteiger charge is 1.96. The van der Waals surface area contributed by atoms with Crippen LogP contribution >= 0.6 is 22.9 Å². The minimum Gasteiger partial charge on any atom is -0.319 e. The molecule has 0 atom stereocenters. The molecule has 1 N–H and O–H groups in total. The highest BCUT2D eigenvalue weighted by Crippen LogP contribution is 2.17. The van der Waals surface area contributed by atoms with Gasteiger partial charge in [-0.05, 0) is 7.05 Å². The average molecular weight is 177 g/mol. The van der Waals surface area contributed by atoms with Gasteiger partial charge < -0.3 is 5.32 Å². The van der Waals surface area contributed by atoms with Gasteiger partial charge >= 0.3 is 0 Å². The highest BCUT2D eigenvalue weighted by molar-refractivity contribution is 7.15. The molecule has 4 heteroatoms. The second-order valence-electron chi connectivity index (χ2n) is 1.91. The van der Waals surface area contributed by atoms with E-state index in [9.17, 15) is 0 Å². The maximum absolute atomic E-state index is 5.67. The molecule has 0 aromatic carbocycles. The average Bonchev–Trinajstić information content (AvgIpc) is 2.31. The Balaban J connectivity index is 2.42. The fourth-order valence-corrected chi connectivity index (χ4v) is 1.59. The van der Waals surface area contributed by atoms with Gasteiger partial charge in [-0.15, -0.1) is 11.3 Å². The molecule has 0 saturated heterocycles. The van der Waals surface area contributed by atoms with Crippen molar-refractivity contribution < 1.29 is 0 Å². The smallest absolute Gasteiger partial charge is 0.113 e. The van der Waals surface area contributed by atoms with Crippen LogP contribution < -0.4 is 5.32 Å². The van der Waals surface area contributed by atoms with Crippen molar-refractivity contribution in [3.05, 3.63) is 15.5 Å². The van der Waals surface area contributed by atoms with Crippen LogP contribution in [0.4, 0.5) is 0 Å². The van der Waals surface area contributed by atoms with Gasteiger partial charge in [0, 0.05) is 13.0 Å². The Bertz CT molecular complexity index is 199. The molecule has 2 nitrogen and oxygen atoms in total. The Kier molecular flexibility index (Phi) is 3.12. The van der Waals surface area contributed by atoms with E-state index in [0.717, 1.165) is 22.3 Å². The summed E-state index contributed by atoms with van der Waals surface area (Å²) in [4.78, 5) is 4.10. The quantitative estimate of drug-likeness (QED) is 0.756. The number of halogens is 1. The van der Waals surface area contributed by atoms with Gasteiger partial charge in [-0.3, -0.25) is 0 Å². The third kappa shape index (κ3) is 2.25. The first-order valence-electron chi connectivity index (χ1n) is 3.07. The number of rotatable bonds is 3. The molecule has 0 saturated carbocycles. The molecule has 1 aromatic rings. The van der Waals surface area contributed by atoms with Gasteiger partial charge in [0.15, 0.2) is 0 Å². The normalized spacial score (nSPS) is 10.2. The molecule has 10 heavy (non-hydrogen) atoms. The largest absolute Gasteiger partial charge is 0.319 e. The van der Waals surface area contributed by atoms with Crippen molar-refractivity contribution in [1.82, 2.24) is 10.3 Å². The van der Waals surface area contributed by atoms with Gasteiger partial charge in [0.2, 0.25) is 0 Å². The SMILES string of the molecule is CNCCc1ncc(Cl)s1. The summed E-state index contributed by atoms with van der Waals surface area (Å²) in [5.41, 5.74) is 0. The van der Waals surface area contributed by atoms with Crippen molar-refractivity contribution in [3.8, 4) is 0 Å². The number of hydrogen-bond acceptors (Lipinski definition) is 3. The molecular formula is C6H9ClN2S. The Hall–Kier alpha value is -0.120. The first-order valence-corrected chi connectivity index (χ1v) is 4.27. The minimum atomic E-state index is 0.770. The van der Waals surface area contributed by atoms with Gasteiger partial charge in [-0.25, -0.2) is 4.98 Å². The van der Waals surface area contributed by atoms with Crippen LogP contribution in [-0.4, -0.2) is 18.6 Å². The van der Waals surface area contributed by atoms with Crippen LogP contribution in [0.1, 0.15) is 5.01 Å². The van der Waals surface area contributed by atoms with E-state index in [1.807, 2.05) is 7.05 Å². The molecule has 56 valence electrons. The number of thiazole rings is 1. The van der Waals surface area contributed by atoms with E-state index in [1.165, 1.54) is 0 Å². The molecule has 0 spiro atoms. The van der Waals surface area contributed by atoms with Crippen molar-refractivity contribution in [3.63, 3.8) is 0 Å². The van der Waals surface area contributed by atoms with E-state index >= 15 is 0 Å². The standard InChI is InChI=1S/C6H9ClN2S/c1-8-3-2-6-9-4-5(7)10-6/h4,8H,2-3H2,1H3. The molecule has 0 fully saturated rings. The molecule has 0 aliphatic carbocycles. The zero-order valence-electron chi connectivity index (χ0n) is 5.72. The fourth-order valence-electron chi connectivity index (χ4n) is 0.636. The van der Waals surface area contributed by atoms with Crippen LogP contribution in [0.3, 0.4) is 0 Å². The monoisotopic (exact) mass is 176 g/mol. The maximum atomic E-state index is 5.67. The Morgan fingerprint density at radius 2 is 2.60 bits per heavy atom. The molecule has 0 amide bonds. The van der Waals surface area contributed by atoms with Crippen LogP contribution in [0.2, 0.25) is 4.34 Å². The highest BCUT2D eigenvalue weighted by atomic mass is 35.5. The molecule has 1 rings (SSSR count). The van der Waals surface area contributed by atoms with Gasteiger partial charge in [-0.1, -0.05) is 11.6 Å². The second-order valence-corrected chi connectivity index (χ2v) is 3.66. The minimum absolute atomic E-state index is 0.770. The van der Waals surface area contributed by atoms with Gasteiger partial charge in [0.1, 0.15) is 4.34 Å². The molecule has 0 aliphatic heterocycles.